The van der Waals surface area contributed by atoms with Crippen molar-refractivity contribution in [1.29, 1.82) is 0 Å². The molecule has 2 nitrogen and oxygen atoms in total. The summed E-state index contributed by atoms with van der Waals surface area (Å²) in [5.41, 5.74) is 19.6. The molecule has 0 N–H and O–H groups in total. The maximum absolute atomic E-state index is 2.42. The average molecular weight is 741 g/mol. The molecule has 2 aromatic heterocycles. The van der Waals surface area contributed by atoms with E-state index in [1.807, 2.05) is 0 Å². The fourth-order valence-electron chi connectivity index (χ4n) is 9.35. The summed E-state index contributed by atoms with van der Waals surface area (Å²) in [6.07, 6.45) is 0. The number of aromatic nitrogens is 2. The lowest BCUT2D eigenvalue weighted by Gasteiger charge is -2.18. The zero-order valence-corrected chi connectivity index (χ0v) is 32.5. The normalized spacial score (nSPS) is 11.6. The van der Waals surface area contributed by atoms with Crippen molar-refractivity contribution >= 4 is 43.6 Å². The second-order valence-corrected chi connectivity index (χ2v) is 15.4. The van der Waals surface area contributed by atoms with Crippen molar-refractivity contribution in [3.63, 3.8) is 0 Å². The summed E-state index contributed by atoms with van der Waals surface area (Å²) in [7, 11) is 4.47. The zero-order valence-electron chi connectivity index (χ0n) is 32.5. The molecule has 0 aliphatic carbocycles. The molecule has 0 aliphatic heterocycles. The predicted molar refractivity (Wildman–Crippen MR) is 247 cm³/mol. The lowest BCUT2D eigenvalue weighted by molar-refractivity contribution is 1.01. The maximum atomic E-state index is 2.42. The number of aryl methyl sites for hydroxylation is 2. The fourth-order valence-corrected chi connectivity index (χ4v) is 9.35. The second-order valence-electron chi connectivity index (χ2n) is 15.4. The van der Waals surface area contributed by atoms with E-state index in [9.17, 15) is 0 Å². The molecule has 0 fully saturated rings. The molecule has 11 rings (SSSR count). The standard InChI is InChI=1S/C56H40N2/c1-57-50-26-12-10-24-48(50)54-55(57)52(42-33-29-40(30-34-42)46-22-14-20-44(36-46)38-17-7-4-8-18-38)51(53-47-23-9-11-25-49(47)58(2)56(53)54)41-31-27-39(28-32-41)45-21-13-19-43(35-45)37-15-5-3-6-16-37/h3-36H,1-2H3. The highest BCUT2D eigenvalue weighted by atomic mass is 15.0. The van der Waals surface area contributed by atoms with E-state index in [0.29, 0.717) is 0 Å². The molecule has 2 heteroatoms. The molecule has 0 spiro atoms. The van der Waals surface area contributed by atoms with E-state index in [4.69, 9.17) is 0 Å². The van der Waals surface area contributed by atoms with Gasteiger partial charge in [-0.3, -0.25) is 0 Å². The van der Waals surface area contributed by atoms with Crippen LogP contribution in [0, 0.1) is 0 Å². The first-order valence-corrected chi connectivity index (χ1v) is 20.1. The van der Waals surface area contributed by atoms with E-state index >= 15 is 0 Å². The first-order valence-electron chi connectivity index (χ1n) is 20.1. The third kappa shape index (κ3) is 5.41. The molecular weight excluding hydrogens is 701 g/mol. The summed E-state index contributed by atoms with van der Waals surface area (Å²) < 4.78 is 4.83. The topological polar surface area (TPSA) is 9.86 Å². The van der Waals surface area contributed by atoms with Crippen LogP contribution in [0.15, 0.2) is 206 Å². The van der Waals surface area contributed by atoms with E-state index in [-0.39, 0.29) is 0 Å². The molecular formula is C56H40N2. The minimum absolute atomic E-state index is 1.20. The third-order valence-corrected chi connectivity index (χ3v) is 12.1. The van der Waals surface area contributed by atoms with Crippen LogP contribution in [0.4, 0.5) is 0 Å². The Morgan fingerprint density at radius 3 is 1.09 bits per heavy atom. The van der Waals surface area contributed by atoms with Crippen molar-refractivity contribution in [2.45, 2.75) is 0 Å². The predicted octanol–water partition coefficient (Wildman–Crippen LogP) is 15.0. The SMILES string of the molecule is Cn1c2ccccc2c2c1c(-c1ccc(-c3cccc(-c4ccccc4)c3)cc1)c(-c1ccc(-c3cccc(-c4ccccc4)c3)cc1)c1c3ccccc3n(C)c12. The van der Waals surface area contributed by atoms with E-state index in [0.717, 1.165) is 0 Å². The molecule has 0 unspecified atom stereocenters. The summed E-state index contributed by atoms with van der Waals surface area (Å²) in [4.78, 5) is 0. The van der Waals surface area contributed by atoms with Crippen LogP contribution in [0.5, 0.6) is 0 Å². The third-order valence-electron chi connectivity index (χ3n) is 12.1. The van der Waals surface area contributed by atoms with Gasteiger partial charge in [0, 0.05) is 57.8 Å². The Hall–Kier alpha value is -7.42. The summed E-state index contributed by atoms with van der Waals surface area (Å²) in [6, 6.07) is 75.3. The summed E-state index contributed by atoms with van der Waals surface area (Å²) in [6.45, 7) is 0. The molecule has 9 aromatic carbocycles. The zero-order chi connectivity index (χ0) is 38.7. The number of fused-ring (bicyclic) bond motifs is 7. The van der Waals surface area contributed by atoms with Gasteiger partial charge in [0.15, 0.2) is 0 Å². The smallest absolute Gasteiger partial charge is 0.0597 e. The van der Waals surface area contributed by atoms with Crippen molar-refractivity contribution < 1.29 is 0 Å². The largest absolute Gasteiger partial charge is 0.343 e. The van der Waals surface area contributed by atoms with Gasteiger partial charge in [0.1, 0.15) is 0 Å². The molecule has 0 saturated heterocycles. The van der Waals surface area contributed by atoms with E-state index in [1.165, 1.54) is 110 Å². The van der Waals surface area contributed by atoms with Gasteiger partial charge in [-0.25, -0.2) is 0 Å². The lowest BCUT2D eigenvalue weighted by atomic mass is 9.87. The minimum Gasteiger partial charge on any atom is -0.343 e. The number of hydrogen-bond acceptors (Lipinski definition) is 0. The quantitative estimate of drug-likeness (QED) is 0.161. The molecule has 0 atom stereocenters. The number of rotatable bonds is 6. The molecule has 0 amide bonds. The molecule has 0 radical (unpaired) electrons. The van der Waals surface area contributed by atoms with Gasteiger partial charge in [-0.05, 0) is 79.9 Å². The number of nitrogens with zero attached hydrogens (tertiary/aromatic N) is 2. The monoisotopic (exact) mass is 740 g/mol. The van der Waals surface area contributed by atoms with Gasteiger partial charge in [0.2, 0.25) is 0 Å². The van der Waals surface area contributed by atoms with Gasteiger partial charge in [0.05, 0.1) is 11.0 Å². The molecule has 11 aromatic rings. The van der Waals surface area contributed by atoms with Gasteiger partial charge in [0.25, 0.3) is 0 Å². The van der Waals surface area contributed by atoms with E-state index < -0.39 is 0 Å². The average Bonchev–Trinajstić information content (AvgIpc) is 3.76. The van der Waals surface area contributed by atoms with Gasteiger partial charge in [-0.1, -0.05) is 182 Å². The highest BCUT2D eigenvalue weighted by Gasteiger charge is 2.26. The van der Waals surface area contributed by atoms with Gasteiger partial charge < -0.3 is 9.13 Å². The number of hydrogen-bond donors (Lipinski definition) is 0. The molecule has 0 saturated carbocycles. The summed E-state index contributed by atoms with van der Waals surface area (Å²) in [5.74, 6) is 0. The van der Waals surface area contributed by atoms with Gasteiger partial charge in [-0.2, -0.15) is 0 Å². The van der Waals surface area contributed by atoms with Gasteiger partial charge >= 0.3 is 0 Å². The van der Waals surface area contributed by atoms with Crippen molar-refractivity contribution in [2.24, 2.45) is 14.1 Å². The Bertz CT molecular complexity index is 3310. The second kappa shape index (κ2) is 13.7. The fraction of sp³-hybridized carbons (Fsp3) is 0.0357. The van der Waals surface area contributed by atoms with Crippen LogP contribution < -0.4 is 0 Å². The van der Waals surface area contributed by atoms with Crippen LogP contribution in [0.3, 0.4) is 0 Å². The number of benzene rings is 9. The molecule has 2 heterocycles. The van der Waals surface area contributed by atoms with Crippen molar-refractivity contribution in [3.8, 4) is 66.8 Å². The maximum Gasteiger partial charge on any atom is 0.0597 e. The molecule has 0 aliphatic rings. The Balaban J connectivity index is 1.16. The highest BCUT2D eigenvalue weighted by molar-refractivity contribution is 6.33. The first-order chi connectivity index (χ1) is 28.6. The van der Waals surface area contributed by atoms with Crippen LogP contribution in [0.1, 0.15) is 0 Å². The Morgan fingerprint density at radius 1 is 0.259 bits per heavy atom. The molecule has 274 valence electrons. The Kier molecular flexibility index (Phi) is 7.97. The highest BCUT2D eigenvalue weighted by Crippen LogP contribution is 2.50. The summed E-state index contributed by atoms with van der Waals surface area (Å²) in [5, 5.41) is 5.11. The van der Waals surface area contributed by atoms with Crippen LogP contribution in [-0.2, 0) is 14.1 Å². The van der Waals surface area contributed by atoms with Crippen molar-refractivity contribution in [2.75, 3.05) is 0 Å². The number of para-hydroxylation sites is 2. The van der Waals surface area contributed by atoms with E-state index in [2.05, 4.69) is 229 Å². The van der Waals surface area contributed by atoms with Crippen molar-refractivity contribution in [1.82, 2.24) is 9.13 Å². The first kappa shape index (κ1) is 33.9. The van der Waals surface area contributed by atoms with Crippen LogP contribution in [0.2, 0.25) is 0 Å². The lowest BCUT2D eigenvalue weighted by Crippen LogP contribution is -1.96. The molecule has 58 heavy (non-hydrogen) atoms. The molecule has 0 bridgehead atoms. The van der Waals surface area contributed by atoms with Crippen LogP contribution in [-0.4, -0.2) is 9.13 Å². The summed E-state index contributed by atoms with van der Waals surface area (Å²) >= 11 is 0. The van der Waals surface area contributed by atoms with Crippen molar-refractivity contribution in [3.05, 3.63) is 206 Å². The Morgan fingerprint density at radius 2 is 0.603 bits per heavy atom. The Labute approximate surface area is 338 Å². The van der Waals surface area contributed by atoms with Gasteiger partial charge in [-0.15, -0.1) is 0 Å². The van der Waals surface area contributed by atoms with E-state index in [1.54, 1.807) is 0 Å². The minimum atomic E-state index is 1.20. The van der Waals surface area contributed by atoms with Crippen LogP contribution in [0.25, 0.3) is 110 Å². The van der Waals surface area contributed by atoms with Crippen LogP contribution >= 0.6 is 0 Å².